The number of anilines is 1. The first-order chi connectivity index (χ1) is 10.8. The van der Waals surface area contributed by atoms with Gasteiger partial charge in [-0.2, -0.15) is 0 Å². The first-order valence-electron chi connectivity index (χ1n) is 7.16. The molecule has 2 rings (SSSR count). The zero-order chi connectivity index (χ0) is 17.0. The molecule has 0 fully saturated rings. The van der Waals surface area contributed by atoms with E-state index < -0.39 is 32.2 Å². The van der Waals surface area contributed by atoms with E-state index in [0.717, 1.165) is 17.7 Å². The molecule has 0 radical (unpaired) electrons. The molecule has 0 atom stereocenters. The van der Waals surface area contributed by atoms with Gasteiger partial charge in [-0.1, -0.05) is 38.1 Å². The molecule has 0 aliphatic carbocycles. The Kier molecular flexibility index (Phi) is 5.15. The number of hydrogen-bond acceptors (Lipinski definition) is 3. The maximum atomic E-state index is 13.6. The molecule has 6 heteroatoms. The van der Waals surface area contributed by atoms with Gasteiger partial charge in [0, 0.05) is 5.69 Å². The summed E-state index contributed by atoms with van der Waals surface area (Å²) in [6.07, 6.45) is 0. The van der Waals surface area contributed by atoms with Crippen molar-refractivity contribution in [1.82, 2.24) is 0 Å². The average Bonchev–Trinajstić information content (AvgIpc) is 2.47. The highest BCUT2D eigenvalue weighted by Crippen LogP contribution is 2.19. The van der Waals surface area contributed by atoms with Crippen molar-refractivity contribution in [2.75, 3.05) is 11.1 Å². The van der Waals surface area contributed by atoms with Crippen LogP contribution in [0, 0.1) is 5.82 Å². The van der Waals surface area contributed by atoms with Crippen LogP contribution in [0.1, 0.15) is 25.3 Å². The Hall–Kier alpha value is -2.21. The van der Waals surface area contributed by atoms with Gasteiger partial charge in [0.25, 0.3) is 0 Å². The van der Waals surface area contributed by atoms with E-state index >= 15 is 0 Å². The Morgan fingerprint density at radius 1 is 1.13 bits per heavy atom. The summed E-state index contributed by atoms with van der Waals surface area (Å²) < 4.78 is 37.8. The summed E-state index contributed by atoms with van der Waals surface area (Å²) in [5, 5.41) is 2.54. The van der Waals surface area contributed by atoms with E-state index in [1.807, 2.05) is 19.9 Å². The third-order valence-corrected chi connectivity index (χ3v) is 4.97. The van der Waals surface area contributed by atoms with Gasteiger partial charge in [0.2, 0.25) is 5.91 Å². The molecule has 0 spiro atoms. The fourth-order valence-electron chi connectivity index (χ4n) is 2.12. The van der Waals surface area contributed by atoms with Crippen molar-refractivity contribution >= 4 is 21.4 Å². The minimum Gasteiger partial charge on any atom is -0.325 e. The quantitative estimate of drug-likeness (QED) is 0.911. The summed E-state index contributed by atoms with van der Waals surface area (Å²) in [5.74, 6) is -2.08. The Labute approximate surface area is 135 Å². The lowest BCUT2D eigenvalue weighted by Gasteiger charge is -2.10. The van der Waals surface area contributed by atoms with Crippen LogP contribution in [0.4, 0.5) is 10.1 Å². The molecule has 0 aromatic heterocycles. The van der Waals surface area contributed by atoms with Crippen molar-refractivity contribution in [1.29, 1.82) is 0 Å². The SMILES string of the molecule is CC(C)c1cccc(NC(=O)CS(=O)(=O)c2ccccc2F)c1. The fourth-order valence-corrected chi connectivity index (χ4v) is 3.34. The standard InChI is InChI=1S/C17H18FNO3S/c1-12(2)13-6-5-7-14(10-13)19-17(20)11-23(21,22)16-9-4-3-8-15(16)18/h3-10,12H,11H2,1-2H3,(H,19,20). The Balaban J connectivity index is 2.13. The van der Waals surface area contributed by atoms with Crippen molar-refractivity contribution in [2.24, 2.45) is 0 Å². The number of halogens is 1. The number of amides is 1. The third-order valence-electron chi connectivity index (χ3n) is 3.33. The highest BCUT2D eigenvalue weighted by Gasteiger charge is 2.22. The minimum absolute atomic E-state index is 0.286. The number of nitrogens with one attached hydrogen (secondary N) is 1. The number of carbonyl (C=O) groups excluding carboxylic acids is 1. The monoisotopic (exact) mass is 335 g/mol. The second-order valence-electron chi connectivity index (χ2n) is 5.52. The molecule has 0 heterocycles. The molecular weight excluding hydrogens is 317 g/mol. The van der Waals surface area contributed by atoms with E-state index in [4.69, 9.17) is 0 Å². The van der Waals surface area contributed by atoms with Crippen LogP contribution in [0.2, 0.25) is 0 Å². The molecule has 2 aromatic rings. The Bertz CT molecular complexity index is 816. The van der Waals surface area contributed by atoms with Gasteiger partial charge in [-0.25, -0.2) is 12.8 Å². The predicted octanol–water partition coefficient (Wildman–Crippen LogP) is 3.36. The molecule has 122 valence electrons. The normalized spacial score (nSPS) is 11.5. The first-order valence-corrected chi connectivity index (χ1v) is 8.82. The fraction of sp³-hybridized carbons (Fsp3) is 0.235. The van der Waals surface area contributed by atoms with Gasteiger partial charge in [-0.15, -0.1) is 0 Å². The molecule has 0 aliphatic rings. The molecule has 0 aliphatic heterocycles. The van der Waals surface area contributed by atoms with Crippen molar-refractivity contribution in [2.45, 2.75) is 24.7 Å². The molecule has 1 amide bonds. The lowest BCUT2D eigenvalue weighted by Crippen LogP contribution is -2.23. The molecule has 1 N–H and O–H groups in total. The summed E-state index contributed by atoms with van der Waals surface area (Å²) in [5.41, 5.74) is 1.55. The van der Waals surface area contributed by atoms with Crippen molar-refractivity contribution in [3.8, 4) is 0 Å². The Morgan fingerprint density at radius 2 is 1.83 bits per heavy atom. The predicted molar refractivity (Wildman–Crippen MR) is 87.6 cm³/mol. The van der Waals surface area contributed by atoms with Gasteiger partial charge in [-0.3, -0.25) is 4.79 Å². The number of carbonyl (C=O) groups is 1. The summed E-state index contributed by atoms with van der Waals surface area (Å²) in [4.78, 5) is 11.5. The van der Waals surface area contributed by atoms with E-state index in [9.17, 15) is 17.6 Å². The largest absolute Gasteiger partial charge is 0.325 e. The van der Waals surface area contributed by atoms with Crippen molar-refractivity contribution in [3.05, 3.63) is 59.9 Å². The molecule has 0 unspecified atom stereocenters. The van der Waals surface area contributed by atoms with E-state index in [0.29, 0.717) is 5.69 Å². The molecule has 0 saturated heterocycles. The molecule has 4 nitrogen and oxygen atoms in total. The van der Waals surface area contributed by atoms with Gasteiger partial charge in [0.05, 0.1) is 0 Å². The van der Waals surface area contributed by atoms with Gasteiger partial charge in [-0.05, 0) is 35.7 Å². The van der Waals surface area contributed by atoms with Gasteiger partial charge >= 0.3 is 0 Å². The number of hydrogen-bond donors (Lipinski definition) is 1. The smallest absolute Gasteiger partial charge is 0.239 e. The molecular formula is C17H18FNO3S. The first kappa shape index (κ1) is 17.1. The van der Waals surface area contributed by atoms with E-state index in [-0.39, 0.29) is 5.92 Å². The molecule has 0 saturated carbocycles. The van der Waals surface area contributed by atoms with Gasteiger partial charge in [0.15, 0.2) is 9.84 Å². The van der Waals surface area contributed by atoms with Crippen LogP contribution in [0.5, 0.6) is 0 Å². The third kappa shape index (κ3) is 4.39. The highest BCUT2D eigenvalue weighted by atomic mass is 32.2. The second-order valence-corrected chi connectivity index (χ2v) is 7.48. The van der Waals surface area contributed by atoms with Crippen LogP contribution in [-0.4, -0.2) is 20.1 Å². The van der Waals surface area contributed by atoms with E-state index in [1.54, 1.807) is 18.2 Å². The van der Waals surface area contributed by atoms with Crippen LogP contribution < -0.4 is 5.32 Å². The van der Waals surface area contributed by atoms with Crippen molar-refractivity contribution in [3.63, 3.8) is 0 Å². The molecule has 23 heavy (non-hydrogen) atoms. The number of sulfone groups is 1. The maximum absolute atomic E-state index is 13.6. The number of benzene rings is 2. The topological polar surface area (TPSA) is 63.2 Å². The maximum Gasteiger partial charge on any atom is 0.239 e. The average molecular weight is 335 g/mol. The van der Waals surface area contributed by atoms with Crippen LogP contribution in [0.15, 0.2) is 53.4 Å². The van der Waals surface area contributed by atoms with Crippen LogP contribution >= 0.6 is 0 Å². The zero-order valence-electron chi connectivity index (χ0n) is 12.9. The van der Waals surface area contributed by atoms with Crippen LogP contribution in [0.3, 0.4) is 0 Å². The van der Waals surface area contributed by atoms with E-state index in [1.165, 1.54) is 12.1 Å². The van der Waals surface area contributed by atoms with Gasteiger partial charge in [0.1, 0.15) is 16.5 Å². The van der Waals surface area contributed by atoms with Crippen LogP contribution in [0.25, 0.3) is 0 Å². The van der Waals surface area contributed by atoms with Crippen LogP contribution in [-0.2, 0) is 14.6 Å². The second kappa shape index (κ2) is 6.91. The Morgan fingerprint density at radius 3 is 2.48 bits per heavy atom. The number of rotatable bonds is 5. The summed E-state index contributed by atoms with van der Waals surface area (Å²) >= 11 is 0. The molecule has 0 bridgehead atoms. The lowest BCUT2D eigenvalue weighted by atomic mass is 10.0. The lowest BCUT2D eigenvalue weighted by molar-refractivity contribution is -0.113. The minimum atomic E-state index is -4.02. The summed E-state index contributed by atoms with van der Waals surface area (Å²) in [6, 6.07) is 12.2. The zero-order valence-corrected chi connectivity index (χ0v) is 13.7. The molecule has 2 aromatic carbocycles. The van der Waals surface area contributed by atoms with Gasteiger partial charge < -0.3 is 5.32 Å². The highest BCUT2D eigenvalue weighted by molar-refractivity contribution is 7.92. The van der Waals surface area contributed by atoms with E-state index in [2.05, 4.69) is 5.32 Å². The summed E-state index contributed by atoms with van der Waals surface area (Å²) in [7, 11) is -4.02. The van der Waals surface area contributed by atoms with Crippen molar-refractivity contribution < 1.29 is 17.6 Å². The summed E-state index contributed by atoms with van der Waals surface area (Å²) in [6.45, 7) is 4.03.